The molecule has 1 aromatic heterocycles. The van der Waals surface area contributed by atoms with E-state index in [4.69, 9.17) is 9.26 Å². The van der Waals surface area contributed by atoms with E-state index < -0.39 is 0 Å². The Labute approximate surface area is 107 Å². The zero-order valence-corrected chi connectivity index (χ0v) is 11.2. The van der Waals surface area contributed by atoms with Gasteiger partial charge >= 0.3 is 0 Å². The Hall–Kier alpha value is -1.23. The molecule has 1 saturated heterocycles. The molecule has 0 radical (unpaired) electrons. The van der Waals surface area contributed by atoms with Crippen LogP contribution >= 0.6 is 0 Å². The minimum atomic E-state index is -0.296. The summed E-state index contributed by atoms with van der Waals surface area (Å²) in [4.78, 5) is 16.0. The molecule has 2 atom stereocenters. The van der Waals surface area contributed by atoms with Gasteiger partial charge < -0.3 is 9.26 Å². The van der Waals surface area contributed by atoms with Crippen LogP contribution in [0.3, 0.4) is 0 Å². The lowest BCUT2D eigenvalue weighted by molar-refractivity contribution is -0.119. The van der Waals surface area contributed by atoms with Crippen molar-refractivity contribution in [2.24, 2.45) is 5.92 Å². The van der Waals surface area contributed by atoms with Crippen molar-refractivity contribution in [3.05, 3.63) is 11.7 Å². The van der Waals surface area contributed by atoms with Crippen LogP contribution in [0.1, 0.15) is 57.2 Å². The summed E-state index contributed by atoms with van der Waals surface area (Å²) in [5.41, 5.74) is 0. The maximum Gasteiger partial charge on any atom is 0.237 e. The summed E-state index contributed by atoms with van der Waals surface area (Å²) in [6, 6.07) is 0. The molecule has 0 spiro atoms. The molecule has 0 N–H and O–H groups in total. The molecule has 18 heavy (non-hydrogen) atoms. The van der Waals surface area contributed by atoms with E-state index in [1.807, 2.05) is 13.8 Å². The minimum Gasteiger partial charge on any atom is -0.381 e. The van der Waals surface area contributed by atoms with Crippen molar-refractivity contribution in [1.82, 2.24) is 10.1 Å². The summed E-state index contributed by atoms with van der Waals surface area (Å²) in [5, 5.41) is 4.01. The van der Waals surface area contributed by atoms with Crippen molar-refractivity contribution < 1.29 is 14.1 Å². The first-order chi connectivity index (χ1) is 8.59. The van der Waals surface area contributed by atoms with Crippen LogP contribution in [0, 0.1) is 5.92 Å². The number of ketones is 1. The fourth-order valence-corrected chi connectivity index (χ4v) is 2.41. The van der Waals surface area contributed by atoms with E-state index in [1.54, 1.807) is 6.92 Å². The summed E-state index contributed by atoms with van der Waals surface area (Å²) in [7, 11) is 0. The lowest BCUT2D eigenvalue weighted by atomic mass is 9.92. The standard InChI is InChI=1S/C13H20N2O3/c1-8(2)11(9(3)16)13-14-12(15-18-13)10-5-4-6-17-7-10/h8,10-11H,4-7H2,1-3H3. The second-order valence-corrected chi connectivity index (χ2v) is 5.24. The average molecular weight is 252 g/mol. The highest BCUT2D eigenvalue weighted by Gasteiger charge is 2.29. The monoisotopic (exact) mass is 252 g/mol. The van der Waals surface area contributed by atoms with Crippen molar-refractivity contribution in [2.45, 2.75) is 45.4 Å². The van der Waals surface area contributed by atoms with E-state index in [1.165, 1.54) is 0 Å². The number of rotatable bonds is 4. The van der Waals surface area contributed by atoms with Gasteiger partial charge in [0.05, 0.1) is 12.5 Å². The van der Waals surface area contributed by atoms with Gasteiger partial charge in [0, 0.05) is 12.5 Å². The van der Waals surface area contributed by atoms with Crippen LogP contribution in [0.5, 0.6) is 0 Å². The average Bonchev–Trinajstić information content (AvgIpc) is 2.78. The smallest absolute Gasteiger partial charge is 0.237 e. The van der Waals surface area contributed by atoms with Gasteiger partial charge in [0.2, 0.25) is 5.89 Å². The Morgan fingerprint density at radius 1 is 1.44 bits per heavy atom. The number of carbonyl (C=O) groups is 1. The zero-order chi connectivity index (χ0) is 13.1. The normalized spacial score (nSPS) is 22.1. The third-order valence-electron chi connectivity index (χ3n) is 3.35. The molecule has 0 amide bonds. The summed E-state index contributed by atoms with van der Waals surface area (Å²) in [5.74, 6) is 1.26. The Morgan fingerprint density at radius 2 is 2.22 bits per heavy atom. The summed E-state index contributed by atoms with van der Waals surface area (Å²) in [6.07, 6.45) is 2.04. The number of Topliss-reactive ketones (excluding diaryl/α,β-unsaturated/α-hetero) is 1. The largest absolute Gasteiger partial charge is 0.381 e. The highest BCUT2D eigenvalue weighted by molar-refractivity contribution is 5.82. The zero-order valence-electron chi connectivity index (χ0n) is 11.2. The first-order valence-corrected chi connectivity index (χ1v) is 6.51. The SMILES string of the molecule is CC(=O)C(c1nc(C2CCCOC2)no1)C(C)C. The molecule has 1 aliphatic heterocycles. The third-order valence-corrected chi connectivity index (χ3v) is 3.35. The van der Waals surface area contributed by atoms with Crippen LogP contribution in [0.15, 0.2) is 4.52 Å². The van der Waals surface area contributed by atoms with Gasteiger partial charge in [0.1, 0.15) is 5.78 Å². The van der Waals surface area contributed by atoms with Crippen LogP contribution in [-0.2, 0) is 9.53 Å². The molecule has 1 aliphatic rings. The molecule has 0 aromatic carbocycles. The summed E-state index contributed by atoms with van der Waals surface area (Å²) >= 11 is 0. The van der Waals surface area contributed by atoms with Gasteiger partial charge in [-0.1, -0.05) is 19.0 Å². The summed E-state index contributed by atoms with van der Waals surface area (Å²) < 4.78 is 10.7. The fraction of sp³-hybridized carbons (Fsp3) is 0.769. The minimum absolute atomic E-state index is 0.0695. The van der Waals surface area contributed by atoms with E-state index in [0.717, 1.165) is 19.4 Å². The summed E-state index contributed by atoms with van der Waals surface area (Å²) in [6.45, 7) is 6.99. The molecule has 100 valence electrons. The Morgan fingerprint density at radius 3 is 2.78 bits per heavy atom. The number of carbonyl (C=O) groups excluding carboxylic acids is 1. The van der Waals surface area contributed by atoms with E-state index >= 15 is 0 Å². The van der Waals surface area contributed by atoms with Crippen LogP contribution in [0.25, 0.3) is 0 Å². The highest BCUT2D eigenvalue weighted by Crippen LogP contribution is 2.28. The van der Waals surface area contributed by atoms with Crippen molar-refractivity contribution in [1.29, 1.82) is 0 Å². The molecular weight excluding hydrogens is 232 g/mol. The lowest BCUT2D eigenvalue weighted by Gasteiger charge is -2.18. The van der Waals surface area contributed by atoms with Gasteiger partial charge in [0.25, 0.3) is 0 Å². The molecule has 5 heteroatoms. The maximum atomic E-state index is 11.6. The maximum absolute atomic E-state index is 11.6. The van der Waals surface area contributed by atoms with Gasteiger partial charge in [0.15, 0.2) is 5.82 Å². The van der Waals surface area contributed by atoms with Crippen molar-refractivity contribution in [3.63, 3.8) is 0 Å². The van der Waals surface area contributed by atoms with Crippen LogP contribution in [0.4, 0.5) is 0 Å². The molecule has 0 aliphatic carbocycles. The van der Waals surface area contributed by atoms with E-state index in [2.05, 4.69) is 10.1 Å². The van der Waals surface area contributed by atoms with Crippen molar-refractivity contribution >= 4 is 5.78 Å². The van der Waals surface area contributed by atoms with E-state index in [9.17, 15) is 4.79 Å². The predicted octanol–water partition coefficient (Wildman–Crippen LogP) is 2.29. The van der Waals surface area contributed by atoms with Gasteiger partial charge in [-0.25, -0.2) is 0 Å². The van der Waals surface area contributed by atoms with Crippen molar-refractivity contribution in [3.8, 4) is 0 Å². The Balaban J connectivity index is 2.15. The molecule has 2 unspecified atom stereocenters. The molecule has 2 rings (SSSR count). The van der Waals surface area contributed by atoms with Gasteiger partial charge in [-0.05, 0) is 25.7 Å². The van der Waals surface area contributed by atoms with Crippen molar-refractivity contribution in [2.75, 3.05) is 13.2 Å². The van der Waals surface area contributed by atoms with E-state index in [0.29, 0.717) is 18.3 Å². The number of ether oxygens (including phenoxy) is 1. The predicted molar refractivity (Wildman–Crippen MR) is 65.4 cm³/mol. The Bertz CT molecular complexity index is 408. The second-order valence-electron chi connectivity index (χ2n) is 5.24. The number of aromatic nitrogens is 2. The topological polar surface area (TPSA) is 65.2 Å². The molecule has 0 saturated carbocycles. The van der Waals surface area contributed by atoms with Crippen LogP contribution in [-0.4, -0.2) is 29.1 Å². The first kappa shape index (κ1) is 13.2. The quantitative estimate of drug-likeness (QED) is 0.822. The Kier molecular flexibility index (Phi) is 4.11. The fourth-order valence-electron chi connectivity index (χ4n) is 2.41. The van der Waals surface area contributed by atoms with Gasteiger partial charge in [-0.15, -0.1) is 0 Å². The highest BCUT2D eigenvalue weighted by atomic mass is 16.5. The van der Waals surface area contributed by atoms with E-state index in [-0.39, 0.29) is 23.5 Å². The molecule has 5 nitrogen and oxygen atoms in total. The molecule has 1 fully saturated rings. The molecular formula is C13H20N2O3. The van der Waals surface area contributed by atoms with Gasteiger partial charge in [-0.3, -0.25) is 4.79 Å². The molecule has 1 aromatic rings. The van der Waals surface area contributed by atoms with Crippen LogP contribution < -0.4 is 0 Å². The number of hydrogen-bond acceptors (Lipinski definition) is 5. The lowest BCUT2D eigenvalue weighted by Crippen LogP contribution is -2.18. The number of nitrogens with zero attached hydrogens (tertiary/aromatic N) is 2. The molecule has 0 bridgehead atoms. The third kappa shape index (κ3) is 2.77. The number of hydrogen-bond donors (Lipinski definition) is 0. The van der Waals surface area contributed by atoms with Gasteiger partial charge in [-0.2, -0.15) is 4.98 Å². The van der Waals surface area contributed by atoms with Crippen LogP contribution in [0.2, 0.25) is 0 Å². The second kappa shape index (κ2) is 5.61. The first-order valence-electron chi connectivity index (χ1n) is 6.51. The molecule has 2 heterocycles.